The highest BCUT2D eigenvalue weighted by atomic mass is 79.9. The first kappa shape index (κ1) is 16.7. The molecule has 0 fully saturated rings. The number of allylic oxidation sites excluding steroid dienone is 1. The molecule has 0 radical (unpaired) electrons. The van der Waals surface area contributed by atoms with Gasteiger partial charge in [0.25, 0.3) is 0 Å². The van der Waals surface area contributed by atoms with Crippen LogP contribution >= 0.6 is 15.9 Å². The van der Waals surface area contributed by atoms with Gasteiger partial charge in [-0.3, -0.25) is 0 Å². The number of carbonyl (C=O) groups excluding carboxylic acids is 1. The van der Waals surface area contributed by atoms with Crippen molar-refractivity contribution in [3.8, 4) is 0 Å². The van der Waals surface area contributed by atoms with Crippen LogP contribution in [0, 0.1) is 0 Å². The van der Waals surface area contributed by atoms with E-state index in [0.717, 1.165) is 11.0 Å². The molecule has 0 bridgehead atoms. The summed E-state index contributed by atoms with van der Waals surface area (Å²) in [5.41, 5.74) is 0.812. The fourth-order valence-electron chi connectivity index (χ4n) is 1.30. The smallest absolute Gasteiger partial charge is 0.331 e. The third-order valence-electron chi connectivity index (χ3n) is 2.11. The summed E-state index contributed by atoms with van der Waals surface area (Å²) >= 11 is 3.09. The number of halogens is 1. The summed E-state index contributed by atoms with van der Waals surface area (Å²) in [6.45, 7) is 3.41. The first-order valence-electron chi connectivity index (χ1n) is 5.79. The van der Waals surface area contributed by atoms with Crippen LogP contribution in [-0.4, -0.2) is 21.0 Å². The second-order valence-electron chi connectivity index (χ2n) is 4.25. The molecule has 0 aliphatic rings. The Morgan fingerprint density at radius 1 is 1.25 bits per heavy atom. The van der Waals surface area contributed by atoms with E-state index in [1.807, 2.05) is 0 Å². The summed E-state index contributed by atoms with van der Waals surface area (Å²) in [6.07, 6.45) is 1.34. The fourth-order valence-corrected chi connectivity index (χ4v) is 3.23. The van der Waals surface area contributed by atoms with E-state index in [4.69, 9.17) is 4.74 Å². The second kappa shape index (κ2) is 7.40. The molecule has 1 aromatic carbocycles. The Kier molecular flexibility index (Phi) is 6.16. The van der Waals surface area contributed by atoms with E-state index in [0.29, 0.717) is 0 Å². The number of ether oxygens (including phenoxy) is 1. The highest BCUT2D eigenvalue weighted by molar-refractivity contribution is 9.11. The molecule has 0 unspecified atom stereocenters. The van der Waals surface area contributed by atoms with Crippen molar-refractivity contribution in [3.63, 3.8) is 0 Å². The predicted octanol–water partition coefficient (Wildman–Crippen LogP) is 3.21. The molecular formula is C14H15BrO4S. The molecule has 1 rings (SSSR count). The monoisotopic (exact) mass is 358 g/mol. The Morgan fingerprint density at radius 3 is 2.40 bits per heavy atom. The summed E-state index contributed by atoms with van der Waals surface area (Å²) in [5.74, 6) is -0.507. The van der Waals surface area contributed by atoms with E-state index in [1.54, 1.807) is 32.0 Å². The van der Waals surface area contributed by atoms with Crippen molar-refractivity contribution in [2.75, 3.05) is 6.61 Å². The number of hydrogen-bond donors (Lipinski definition) is 0. The van der Waals surface area contributed by atoms with Crippen LogP contribution in [0.5, 0.6) is 0 Å². The lowest BCUT2D eigenvalue weighted by Crippen LogP contribution is -2.04. The Labute approximate surface area is 127 Å². The van der Waals surface area contributed by atoms with E-state index in [2.05, 4.69) is 15.9 Å². The van der Waals surface area contributed by atoms with Gasteiger partial charge in [-0.1, -0.05) is 39.7 Å². The first-order chi connectivity index (χ1) is 9.31. The molecule has 6 heteroatoms. The lowest BCUT2D eigenvalue weighted by molar-refractivity contribution is -0.136. The largest absolute Gasteiger partial charge is 0.457 e. The highest BCUT2D eigenvalue weighted by Gasteiger charge is 2.12. The number of carbonyl (C=O) groups is 1. The number of hydrogen-bond acceptors (Lipinski definition) is 4. The molecule has 0 atom stereocenters. The van der Waals surface area contributed by atoms with Gasteiger partial charge >= 0.3 is 5.97 Å². The Morgan fingerprint density at radius 2 is 1.85 bits per heavy atom. The van der Waals surface area contributed by atoms with Crippen LogP contribution in [0.1, 0.15) is 13.8 Å². The number of rotatable bonds is 5. The molecule has 0 amide bonds. The highest BCUT2D eigenvalue weighted by Crippen LogP contribution is 2.16. The molecule has 0 saturated carbocycles. The molecule has 1 aromatic rings. The van der Waals surface area contributed by atoms with Crippen LogP contribution in [0.4, 0.5) is 0 Å². The lowest BCUT2D eigenvalue weighted by Gasteiger charge is -2.03. The Bertz CT molecular complexity index is 626. The van der Waals surface area contributed by atoms with Gasteiger partial charge in [0.15, 0.2) is 0 Å². The second-order valence-corrected chi connectivity index (χ2v) is 7.07. The third-order valence-corrected chi connectivity index (χ3v) is 4.40. The number of benzene rings is 1. The summed E-state index contributed by atoms with van der Waals surface area (Å²) in [4.78, 5) is 11.5. The summed E-state index contributed by atoms with van der Waals surface area (Å²) in [5, 5.41) is 1.04. The Hall–Kier alpha value is -1.40. The van der Waals surface area contributed by atoms with Gasteiger partial charge in [0.2, 0.25) is 9.84 Å². The van der Waals surface area contributed by atoms with Crippen molar-refractivity contribution < 1.29 is 17.9 Å². The topological polar surface area (TPSA) is 60.4 Å². The third kappa shape index (κ3) is 5.71. The molecule has 0 aliphatic carbocycles. The maximum Gasteiger partial charge on any atom is 0.331 e. The molecule has 0 aromatic heterocycles. The average molecular weight is 359 g/mol. The molecule has 0 saturated heterocycles. The van der Waals surface area contributed by atoms with Crippen molar-refractivity contribution in [3.05, 3.63) is 51.9 Å². The zero-order chi connectivity index (χ0) is 15.2. The molecule has 0 heterocycles. The molecule has 0 aliphatic heterocycles. The maximum atomic E-state index is 12.0. The van der Waals surface area contributed by atoms with Crippen LogP contribution in [0.15, 0.2) is 56.8 Å². The van der Waals surface area contributed by atoms with E-state index >= 15 is 0 Å². The fraction of sp³-hybridized carbons (Fsp3) is 0.214. The van der Waals surface area contributed by atoms with Crippen molar-refractivity contribution in [1.29, 1.82) is 0 Å². The molecule has 108 valence electrons. The SMILES string of the molecule is CC(C)=CC(=O)OC/C(Br)=C/S(=O)(=O)c1ccccc1. The first-order valence-corrected chi connectivity index (χ1v) is 8.13. The average Bonchev–Trinajstić information content (AvgIpc) is 2.36. The van der Waals surface area contributed by atoms with Gasteiger partial charge in [0.1, 0.15) is 6.61 Å². The van der Waals surface area contributed by atoms with Gasteiger partial charge < -0.3 is 4.74 Å². The van der Waals surface area contributed by atoms with Crippen LogP contribution in [0.25, 0.3) is 0 Å². The van der Waals surface area contributed by atoms with Crippen LogP contribution < -0.4 is 0 Å². The van der Waals surface area contributed by atoms with Crippen molar-refractivity contribution in [2.45, 2.75) is 18.7 Å². The minimum atomic E-state index is -3.55. The van der Waals surface area contributed by atoms with Crippen molar-refractivity contribution in [1.82, 2.24) is 0 Å². The number of esters is 1. The van der Waals surface area contributed by atoms with Crippen LogP contribution in [0.3, 0.4) is 0 Å². The van der Waals surface area contributed by atoms with Gasteiger partial charge in [0, 0.05) is 16.0 Å². The van der Waals surface area contributed by atoms with Crippen LogP contribution in [-0.2, 0) is 19.4 Å². The van der Waals surface area contributed by atoms with E-state index in [1.165, 1.54) is 18.2 Å². The lowest BCUT2D eigenvalue weighted by atomic mass is 10.3. The zero-order valence-corrected chi connectivity index (χ0v) is 13.6. The van der Waals surface area contributed by atoms with E-state index in [-0.39, 0.29) is 16.0 Å². The van der Waals surface area contributed by atoms with Gasteiger partial charge in [-0.25, -0.2) is 13.2 Å². The maximum absolute atomic E-state index is 12.0. The standard InChI is InChI=1S/C14H15BrO4S/c1-11(2)8-14(16)19-9-12(15)10-20(17,18)13-6-4-3-5-7-13/h3-8,10H,9H2,1-2H3/b12-10-. The van der Waals surface area contributed by atoms with Crippen LogP contribution in [0.2, 0.25) is 0 Å². The quantitative estimate of drug-likeness (QED) is 0.598. The van der Waals surface area contributed by atoms with Gasteiger partial charge in [-0.05, 0) is 26.0 Å². The van der Waals surface area contributed by atoms with E-state index in [9.17, 15) is 13.2 Å². The minimum Gasteiger partial charge on any atom is -0.457 e. The molecule has 0 spiro atoms. The van der Waals surface area contributed by atoms with Gasteiger partial charge in [0.05, 0.1) is 4.90 Å². The van der Waals surface area contributed by atoms with Gasteiger partial charge in [-0.2, -0.15) is 0 Å². The molecular weight excluding hydrogens is 344 g/mol. The predicted molar refractivity (Wildman–Crippen MR) is 81.0 cm³/mol. The summed E-state index contributed by atoms with van der Waals surface area (Å²) in [6, 6.07) is 8.02. The number of sulfone groups is 1. The molecule has 0 N–H and O–H groups in total. The van der Waals surface area contributed by atoms with Crippen molar-refractivity contribution >= 4 is 31.7 Å². The molecule has 20 heavy (non-hydrogen) atoms. The summed E-state index contributed by atoms with van der Waals surface area (Å²) in [7, 11) is -3.55. The van der Waals surface area contributed by atoms with Crippen molar-refractivity contribution in [2.24, 2.45) is 0 Å². The normalized spacial score (nSPS) is 11.8. The van der Waals surface area contributed by atoms with Gasteiger partial charge in [-0.15, -0.1) is 0 Å². The van der Waals surface area contributed by atoms with E-state index < -0.39 is 15.8 Å². The summed E-state index contributed by atoms with van der Waals surface area (Å²) < 4.78 is 29.2. The minimum absolute atomic E-state index is 0.130. The Balaban J connectivity index is 2.75. The molecule has 4 nitrogen and oxygen atoms in total. The zero-order valence-electron chi connectivity index (χ0n) is 11.2.